The highest BCUT2D eigenvalue weighted by Crippen LogP contribution is 2.34. The molecule has 1 aromatic heterocycles. The highest BCUT2D eigenvalue weighted by atomic mass is 35.5. The van der Waals surface area contributed by atoms with Crippen LogP contribution in [0.2, 0.25) is 5.02 Å². The maximum atomic E-state index is 8.91. The largest absolute Gasteiger partial charge is 0.277 e. The van der Waals surface area contributed by atoms with E-state index in [9.17, 15) is 0 Å². The molecule has 2 aromatic rings. The van der Waals surface area contributed by atoms with Crippen molar-refractivity contribution in [3.8, 4) is 6.07 Å². The molecule has 0 amide bonds. The SMILES string of the molecule is N#CC1CC=C(c2cc(Cl)cc3cn[nH]c23)CC1. The maximum absolute atomic E-state index is 8.91. The Labute approximate surface area is 110 Å². The lowest BCUT2D eigenvalue weighted by molar-refractivity contribution is 0.604. The van der Waals surface area contributed by atoms with Gasteiger partial charge in [-0.05, 0) is 37.0 Å². The Balaban J connectivity index is 2.07. The van der Waals surface area contributed by atoms with Crippen LogP contribution < -0.4 is 0 Å². The molecule has 0 saturated carbocycles. The average molecular weight is 258 g/mol. The third kappa shape index (κ3) is 1.89. The van der Waals surface area contributed by atoms with Crippen LogP contribution >= 0.6 is 11.6 Å². The minimum absolute atomic E-state index is 0.158. The lowest BCUT2D eigenvalue weighted by atomic mass is 9.87. The van der Waals surface area contributed by atoms with Crippen molar-refractivity contribution in [2.75, 3.05) is 0 Å². The fraction of sp³-hybridized carbons (Fsp3) is 0.286. The molecule has 18 heavy (non-hydrogen) atoms. The Morgan fingerprint density at radius 3 is 3.06 bits per heavy atom. The van der Waals surface area contributed by atoms with E-state index >= 15 is 0 Å². The number of nitriles is 1. The molecule has 1 aliphatic rings. The summed E-state index contributed by atoms with van der Waals surface area (Å²) >= 11 is 6.13. The van der Waals surface area contributed by atoms with E-state index in [-0.39, 0.29) is 5.92 Å². The number of hydrogen-bond donors (Lipinski definition) is 1. The standard InChI is InChI=1S/C14H12ClN3/c15-12-5-11-8-17-18-14(11)13(6-12)10-3-1-9(7-16)2-4-10/h3,5-6,8-9H,1-2,4H2,(H,17,18). The first-order valence-corrected chi connectivity index (χ1v) is 6.37. The van der Waals surface area contributed by atoms with E-state index < -0.39 is 0 Å². The normalized spacial score (nSPS) is 19.6. The molecule has 0 bridgehead atoms. The van der Waals surface area contributed by atoms with Crippen LogP contribution in [0.15, 0.2) is 24.4 Å². The summed E-state index contributed by atoms with van der Waals surface area (Å²) in [5.74, 6) is 0.158. The molecule has 90 valence electrons. The van der Waals surface area contributed by atoms with Crippen LogP contribution in [0.4, 0.5) is 0 Å². The smallest absolute Gasteiger partial charge is 0.0726 e. The molecule has 0 fully saturated rings. The fourth-order valence-electron chi connectivity index (χ4n) is 2.47. The summed E-state index contributed by atoms with van der Waals surface area (Å²) in [7, 11) is 0. The number of benzene rings is 1. The van der Waals surface area contributed by atoms with Crippen molar-refractivity contribution < 1.29 is 0 Å². The summed E-state index contributed by atoms with van der Waals surface area (Å²) in [5.41, 5.74) is 3.41. The molecule has 1 aliphatic carbocycles. The molecule has 1 atom stereocenters. The Hall–Kier alpha value is -1.79. The average Bonchev–Trinajstić information content (AvgIpc) is 2.86. The minimum atomic E-state index is 0.158. The number of nitrogens with one attached hydrogen (secondary N) is 1. The zero-order valence-corrected chi connectivity index (χ0v) is 10.5. The van der Waals surface area contributed by atoms with Gasteiger partial charge in [-0.15, -0.1) is 0 Å². The monoisotopic (exact) mass is 257 g/mol. The number of hydrogen-bond acceptors (Lipinski definition) is 2. The van der Waals surface area contributed by atoms with Crippen molar-refractivity contribution in [1.29, 1.82) is 5.26 Å². The van der Waals surface area contributed by atoms with Gasteiger partial charge in [0.15, 0.2) is 0 Å². The number of nitrogens with zero attached hydrogens (tertiary/aromatic N) is 2. The van der Waals surface area contributed by atoms with Crippen LogP contribution in [-0.4, -0.2) is 10.2 Å². The zero-order chi connectivity index (χ0) is 12.5. The van der Waals surface area contributed by atoms with E-state index in [2.05, 4.69) is 22.3 Å². The van der Waals surface area contributed by atoms with Crippen molar-refractivity contribution in [1.82, 2.24) is 10.2 Å². The Morgan fingerprint density at radius 2 is 2.33 bits per heavy atom. The fourth-order valence-corrected chi connectivity index (χ4v) is 2.70. The number of allylic oxidation sites excluding steroid dienone is 2. The van der Waals surface area contributed by atoms with E-state index in [0.29, 0.717) is 0 Å². The van der Waals surface area contributed by atoms with Gasteiger partial charge in [-0.25, -0.2) is 0 Å². The topological polar surface area (TPSA) is 52.5 Å². The number of aromatic nitrogens is 2. The number of halogens is 1. The van der Waals surface area contributed by atoms with Gasteiger partial charge in [-0.2, -0.15) is 10.4 Å². The van der Waals surface area contributed by atoms with Gasteiger partial charge in [0.2, 0.25) is 0 Å². The van der Waals surface area contributed by atoms with Crippen molar-refractivity contribution >= 4 is 28.1 Å². The molecule has 1 heterocycles. The molecular formula is C14H12ClN3. The van der Waals surface area contributed by atoms with Crippen LogP contribution in [0, 0.1) is 17.2 Å². The second-order valence-electron chi connectivity index (χ2n) is 4.62. The quantitative estimate of drug-likeness (QED) is 0.842. The molecule has 3 nitrogen and oxygen atoms in total. The number of aromatic amines is 1. The zero-order valence-electron chi connectivity index (χ0n) is 9.78. The van der Waals surface area contributed by atoms with Gasteiger partial charge in [-0.1, -0.05) is 17.7 Å². The highest BCUT2D eigenvalue weighted by Gasteiger charge is 2.17. The van der Waals surface area contributed by atoms with Gasteiger partial charge in [0.1, 0.15) is 0 Å². The molecule has 3 rings (SSSR count). The van der Waals surface area contributed by atoms with E-state index in [1.807, 2.05) is 12.1 Å². The van der Waals surface area contributed by atoms with Crippen molar-refractivity contribution in [3.05, 3.63) is 35.0 Å². The number of rotatable bonds is 1. The number of fused-ring (bicyclic) bond motifs is 1. The lowest BCUT2D eigenvalue weighted by Gasteiger charge is -2.17. The first-order chi connectivity index (χ1) is 8.78. The minimum Gasteiger partial charge on any atom is -0.277 e. The summed E-state index contributed by atoms with van der Waals surface area (Å²) in [4.78, 5) is 0. The van der Waals surface area contributed by atoms with E-state index in [1.165, 1.54) is 5.57 Å². The van der Waals surface area contributed by atoms with Crippen molar-refractivity contribution in [2.24, 2.45) is 5.92 Å². The van der Waals surface area contributed by atoms with E-state index in [1.54, 1.807) is 6.20 Å². The summed E-state index contributed by atoms with van der Waals surface area (Å²) in [6.07, 6.45) is 6.61. The van der Waals surface area contributed by atoms with Gasteiger partial charge < -0.3 is 0 Å². The Bertz CT molecular complexity index is 663. The predicted molar refractivity (Wildman–Crippen MR) is 72.0 cm³/mol. The summed E-state index contributed by atoms with van der Waals surface area (Å²) < 4.78 is 0. The molecule has 1 aromatic carbocycles. The van der Waals surface area contributed by atoms with Gasteiger partial charge in [0, 0.05) is 16.0 Å². The van der Waals surface area contributed by atoms with Gasteiger partial charge in [0.05, 0.1) is 23.7 Å². The molecule has 0 spiro atoms. The third-order valence-corrected chi connectivity index (χ3v) is 3.67. The van der Waals surface area contributed by atoms with Gasteiger partial charge >= 0.3 is 0 Å². The Kier molecular flexibility index (Phi) is 2.81. The number of H-pyrrole nitrogens is 1. The van der Waals surface area contributed by atoms with E-state index in [4.69, 9.17) is 16.9 Å². The third-order valence-electron chi connectivity index (χ3n) is 3.45. The summed E-state index contributed by atoms with van der Waals surface area (Å²) in [6.45, 7) is 0. The van der Waals surface area contributed by atoms with Crippen LogP contribution in [0.3, 0.4) is 0 Å². The summed E-state index contributed by atoms with van der Waals surface area (Å²) in [6, 6.07) is 6.21. The van der Waals surface area contributed by atoms with Gasteiger partial charge in [0.25, 0.3) is 0 Å². The first kappa shape index (κ1) is 11.3. The van der Waals surface area contributed by atoms with Crippen LogP contribution in [0.5, 0.6) is 0 Å². The highest BCUT2D eigenvalue weighted by molar-refractivity contribution is 6.31. The predicted octanol–water partition coefficient (Wildman–Crippen LogP) is 3.92. The first-order valence-electron chi connectivity index (χ1n) is 5.99. The van der Waals surface area contributed by atoms with E-state index in [0.717, 1.165) is 40.8 Å². The summed E-state index contributed by atoms with van der Waals surface area (Å²) in [5, 5.41) is 17.8. The second-order valence-corrected chi connectivity index (χ2v) is 5.05. The molecule has 4 heteroatoms. The molecule has 1 N–H and O–H groups in total. The van der Waals surface area contributed by atoms with Gasteiger partial charge in [-0.3, -0.25) is 5.10 Å². The molecule has 1 unspecified atom stereocenters. The van der Waals surface area contributed by atoms with Crippen LogP contribution in [-0.2, 0) is 0 Å². The molecule has 0 saturated heterocycles. The van der Waals surface area contributed by atoms with Crippen molar-refractivity contribution in [2.45, 2.75) is 19.3 Å². The van der Waals surface area contributed by atoms with Crippen LogP contribution in [0.1, 0.15) is 24.8 Å². The van der Waals surface area contributed by atoms with Crippen molar-refractivity contribution in [3.63, 3.8) is 0 Å². The second kappa shape index (κ2) is 4.47. The van der Waals surface area contributed by atoms with Crippen LogP contribution in [0.25, 0.3) is 16.5 Å². The molecular weight excluding hydrogens is 246 g/mol. The molecule has 0 radical (unpaired) electrons. The molecule has 0 aliphatic heterocycles. The maximum Gasteiger partial charge on any atom is 0.0726 e. The lowest BCUT2D eigenvalue weighted by Crippen LogP contribution is -2.03. The Morgan fingerprint density at radius 1 is 1.44 bits per heavy atom.